The van der Waals surface area contributed by atoms with Crippen LogP contribution in [0.2, 0.25) is 0 Å². The van der Waals surface area contributed by atoms with E-state index in [-0.39, 0.29) is 23.0 Å². The molecule has 1 aromatic heterocycles. The highest BCUT2D eigenvalue weighted by Crippen LogP contribution is 2.37. The molecule has 0 fully saturated rings. The molecule has 5 rings (SSSR count). The summed E-state index contributed by atoms with van der Waals surface area (Å²) in [6, 6.07) is 18.6. The maximum atomic E-state index is 13.6. The van der Waals surface area contributed by atoms with Gasteiger partial charge in [-0.25, -0.2) is 4.98 Å². The van der Waals surface area contributed by atoms with Crippen LogP contribution in [-0.4, -0.2) is 26.9 Å². The van der Waals surface area contributed by atoms with Crippen molar-refractivity contribution in [1.82, 2.24) is 9.55 Å². The number of fused-ring (bicyclic) bond motifs is 2. The molecule has 0 spiro atoms. The third-order valence-electron chi connectivity index (χ3n) is 5.86. The minimum atomic E-state index is -0.493. The highest BCUT2D eigenvalue weighted by Gasteiger charge is 2.32. The number of nitro groups is 1. The summed E-state index contributed by atoms with van der Waals surface area (Å²) < 4.78 is 2.28. The van der Waals surface area contributed by atoms with Crippen molar-refractivity contribution < 1.29 is 9.72 Å². The molecule has 0 bridgehead atoms. The van der Waals surface area contributed by atoms with Crippen LogP contribution in [0.15, 0.2) is 71.5 Å². The van der Waals surface area contributed by atoms with Gasteiger partial charge in [-0.1, -0.05) is 25.1 Å². The van der Waals surface area contributed by atoms with Gasteiger partial charge in [-0.2, -0.15) is 0 Å². The summed E-state index contributed by atoms with van der Waals surface area (Å²) >= 11 is 2.13. The Labute approximate surface area is 213 Å². The largest absolute Gasteiger partial charge is 0.308 e. The Balaban J connectivity index is 1.78. The second kappa shape index (κ2) is 9.06. The Kier molecular flexibility index (Phi) is 5.93. The van der Waals surface area contributed by atoms with Crippen LogP contribution in [0.5, 0.6) is 0 Å². The zero-order valence-electron chi connectivity index (χ0n) is 18.6. The van der Waals surface area contributed by atoms with Gasteiger partial charge >= 0.3 is 0 Å². The Morgan fingerprint density at radius 2 is 1.80 bits per heavy atom. The number of non-ortho nitro benzene ring substituents is 1. The average Bonchev–Trinajstić information content (AvgIpc) is 3.11. The van der Waals surface area contributed by atoms with Crippen LogP contribution in [0.3, 0.4) is 0 Å². The van der Waals surface area contributed by atoms with Gasteiger partial charge < -0.3 is 4.90 Å². The molecular weight excluding hydrogens is 559 g/mol. The van der Waals surface area contributed by atoms with E-state index in [1.807, 2.05) is 37.3 Å². The van der Waals surface area contributed by atoms with Gasteiger partial charge in [0.2, 0.25) is 0 Å². The number of benzene rings is 3. The molecule has 2 heterocycles. The molecule has 4 aromatic rings. The molecule has 0 saturated heterocycles. The van der Waals surface area contributed by atoms with Crippen molar-refractivity contribution in [3.05, 3.63) is 102 Å². The quantitative estimate of drug-likeness (QED) is 0.141. The van der Waals surface area contributed by atoms with Gasteiger partial charge in [-0.15, -0.1) is 0 Å². The third-order valence-corrected chi connectivity index (χ3v) is 6.53. The lowest BCUT2D eigenvalue weighted by Gasteiger charge is -2.15. The zero-order chi connectivity index (χ0) is 24.7. The third kappa shape index (κ3) is 4.01. The Hall–Kier alpha value is -3.86. The van der Waals surface area contributed by atoms with Crippen molar-refractivity contribution in [2.24, 2.45) is 0 Å². The summed E-state index contributed by atoms with van der Waals surface area (Å²) in [7, 11) is 0. The van der Waals surface area contributed by atoms with E-state index < -0.39 is 4.92 Å². The molecule has 0 atom stereocenters. The monoisotopic (exact) mass is 578 g/mol. The van der Waals surface area contributed by atoms with E-state index in [0.717, 1.165) is 21.2 Å². The van der Waals surface area contributed by atoms with E-state index in [1.165, 1.54) is 28.8 Å². The SMILES string of the molecule is CCCN1C(=O)C(=Cc2nc3ccc(I)cc3c(=O)n2-c2ccc([N+](=O)[O-])cc2)c2ccccc21. The first-order valence-corrected chi connectivity index (χ1v) is 12.1. The summed E-state index contributed by atoms with van der Waals surface area (Å²) in [5.74, 6) is 0.120. The molecule has 3 aromatic carbocycles. The van der Waals surface area contributed by atoms with Gasteiger partial charge in [0.25, 0.3) is 17.2 Å². The van der Waals surface area contributed by atoms with Crippen LogP contribution >= 0.6 is 22.6 Å². The number of hydrogen-bond acceptors (Lipinski definition) is 5. The van der Waals surface area contributed by atoms with Gasteiger partial charge in [0.05, 0.1) is 32.8 Å². The predicted molar refractivity (Wildman–Crippen MR) is 144 cm³/mol. The number of hydrogen-bond donors (Lipinski definition) is 0. The van der Waals surface area contributed by atoms with Crippen molar-refractivity contribution in [1.29, 1.82) is 0 Å². The Morgan fingerprint density at radius 1 is 1.06 bits per heavy atom. The summed E-state index contributed by atoms with van der Waals surface area (Å²) in [6.45, 7) is 2.59. The van der Waals surface area contributed by atoms with E-state index in [2.05, 4.69) is 22.6 Å². The normalized spacial score (nSPS) is 14.1. The number of nitrogens with zero attached hydrogens (tertiary/aromatic N) is 4. The van der Waals surface area contributed by atoms with E-state index in [0.29, 0.717) is 28.7 Å². The van der Waals surface area contributed by atoms with Gasteiger partial charge in [0.1, 0.15) is 5.82 Å². The summed E-state index contributed by atoms with van der Waals surface area (Å²) in [5, 5.41) is 11.6. The lowest BCUT2D eigenvalue weighted by Crippen LogP contribution is -2.27. The van der Waals surface area contributed by atoms with Crippen LogP contribution in [0, 0.1) is 13.7 Å². The number of anilines is 1. The minimum Gasteiger partial charge on any atom is -0.308 e. The maximum absolute atomic E-state index is 13.6. The van der Waals surface area contributed by atoms with Gasteiger partial charge in [0.15, 0.2) is 0 Å². The van der Waals surface area contributed by atoms with Crippen molar-refractivity contribution in [3.8, 4) is 5.69 Å². The summed E-state index contributed by atoms with van der Waals surface area (Å²) in [4.78, 5) is 44.1. The van der Waals surface area contributed by atoms with Gasteiger partial charge in [0, 0.05) is 27.8 Å². The molecule has 174 valence electrons. The van der Waals surface area contributed by atoms with Crippen LogP contribution in [0.4, 0.5) is 11.4 Å². The Morgan fingerprint density at radius 3 is 2.51 bits per heavy atom. The number of halogens is 1. The lowest BCUT2D eigenvalue weighted by atomic mass is 10.1. The summed E-state index contributed by atoms with van der Waals surface area (Å²) in [6.07, 6.45) is 2.44. The molecule has 0 N–H and O–H groups in total. The number of rotatable bonds is 5. The molecule has 1 aliphatic heterocycles. The number of carbonyl (C=O) groups is 1. The molecule has 1 amide bonds. The fourth-order valence-corrected chi connectivity index (χ4v) is 4.76. The van der Waals surface area contributed by atoms with E-state index in [1.54, 1.807) is 23.1 Å². The maximum Gasteiger partial charge on any atom is 0.269 e. The second-order valence-corrected chi connectivity index (χ2v) is 9.32. The van der Waals surface area contributed by atoms with E-state index in [9.17, 15) is 19.7 Å². The van der Waals surface area contributed by atoms with E-state index in [4.69, 9.17) is 4.98 Å². The van der Waals surface area contributed by atoms with Gasteiger partial charge in [-0.3, -0.25) is 24.3 Å². The summed E-state index contributed by atoms with van der Waals surface area (Å²) in [5.41, 5.74) is 2.57. The number of aromatic nitrogens is 2. The molecule has 1 aliphatic rings. The van der Waals surface area contributed by atoms with Crippen LogP contribution in [0.25, 0.3) is 28.2 Å². The number of para-hydroxylation sites is 1. The number of amides is 1. The molecule has 0 unspecified atom stereocenters. The number of nitro benzene ring substituents is 1. The van der Waals surface area contributed by atoms with Crippen LogP contribution in [0.1, 0.15) is 24.7 Å². The van der Waals surface area contributed by atoms with Gasteiger partial charge in [-0.05, 0) is 71.5 Å². The first-order chi connectivity index (χ1) is 16.9. The van der Waals surface area contributed by atoms with Crippen LogP contribution < -0.4 is 10.5 Å². The lowest BCUT2D eigenvalue weighted by molar-refractivity contribution is -0.384. The molecule has 0 aliphatic carbocycles. The zero-order valence-corrected chi connectivity index (χ0v) is 20.8. The first kappa shape index (κ1) is 22.9. The molecule has 0 radical (unpaired) electrons. The molecule has 8 nitrogen and oxygen atoms in total. The fourth-order valence-electron chi connectivity index (χ4n) is 4.27. The first-order valence-electron chi connectivity index (χ1n) is 11.0. The standard InChI is InChI=1S/C26H19IN4O4/c1-2-13-29-23-6-4-3-5-19(23)20(25(29)32)15-24-28-22-12-7-16(27)14-21(22)26(33)30(24)17-8-10-18(11-9-17)31(34)35/h3-12,14-15H,2,13H2,1H3. The highest BCUT2D eigenvalue weighted by atomic mass is 127. The topological polar surface area (TPSA) is 98.3 Å². The van der Waals surface area contributed by atoms with Crippen molar-refractivity contribution in [3.63, 3.8) is 0 Å². The predicted octanol–water partition coefficient (Wildman–Crippen LogP) is 5.20. The van der Waals surface area contributed by atoms with Crippen molar-refractivity contribution in [2.75, 3.05) is 11.4 Å². The van der Waals surface area contributed by atoms with Crippen molar-refractivity contribution in [2.45, 2.75) is 13.3 Å². The Bertz CT molecular complexity index is 1590. The average molecular weight is 578 g/mol. The second-order valence-electron chi connectivity index (χ2n) is 8.08. The molecule has 35 heavy (non-hydrogen) atoms. The highest BCUT2D eigenvalue weighted by molar-refractivity contribution is 14.1. The fraction of sp³-hybridized carbons (Fsp3) is 0.115. The van der Waals surface area contributed by atoms with Crippen molar-refractivity contribution >= 4 is 62.4 Å². The van der Waals surface area contributed by atoms with Crippen LogP contribution in [-0.2, 0) is 4.79 Å². The molecular formula is C26H19IN4O4. The van der Waals surface area contributed by atoms with E-state index >= 15 is 0 Å². The number of carbonyl (C=O) groups excluding carboxylic acids is 1. The minimum absolute atomic E-state index is 0.0832. The molecule has 0 saturated carbocycles. The molecule has 9 heteroatoms. The smallest absolute Gasteiger partial charge is 0.269 e.